The minimum atomic E-state index is -0.520. The Morgan fingerprint density at radius 1 is 1.50 bits per heavy atom. The van der Waals surface area contributed by atoms with Crippen molar-refractivity contribution in [1.29, 1.82) is 0 Å². The second kappa shape index (κ2) is 5.21. The van der Waals surface area contributed by atoms with Gasteiger partial charge in [-0.15, -0.1) is 11.6 Å². The molecule has 0 saturated carbocycles. The molecule has 1 aromatic heterocycles. The summed E-state index contributed by atoms with van der Waals surface area (Å²) in [6.45, 7) is 1.93. The van der Waals surface area contributed by atoms with Gasteiger partial charge >= 0.3 is 5.97 Å². The molecule has 7 heteroatoms. The van der Waals surface area contributed by atoms with E-state index in [1.165, 1.54) is 20.1 Å². The fraction of sp³-hybridized carbons (Fsp3) is 0.333. The van der Waals surface area contributed by atoms with Crippen molar-refractivity contribution in [1.82, 2.24) is 4.98 Å². The van der Waals surface area contributed by atoms with Crippen LogP contribution in [0.5, 0.6) is 5.75 Å². The van der Waals surface area contributed by atoms with Crippen LogP contribution in [0.1, 0.15) is 28.9 Å². The van der Waals surface area contributed by atoms with Gasteiger partial charge < -0.3 is 19.7 Å². The monoisotopic (exact) mass is 322 g/mol. The Morgan fingerprint density at radius 2 is 2.23 bits per heavy atom. The molecule has 0 saturated heterocycles. The SMILES string of the molecule is COC(=O)c1cc2c3c(cc(O)c2[nH]1)N(C(C)=O)CC3CCl. The number of benzene rings is 1. The van der Waals surface area contributed by atoms with E-state index in [0.717, 1.165) is 5.56 Å². The minimum Gasteiger partial charge on any atom is -0.506 e. The number of phenols is 1. The summed E-state index contributed by atoms with van der Waals surface area (Å²) < 4.78 is 4.70. The van der Waals surface area contributed by atoms with Gasteiger partial charge in [0.2, 0.25) is 5.91 Å². The van der Waals surface area contributed by atoms with Crippen molar-refractivity contribution in [2.24, 2.45) is 0 Å². The number of anilines is 1. The topological polar surface area (TPSA) is 82.6 Å². The lowest BCUT2D eigenvalue weighted by atomic mass is 9.98. The third kappa shape index (κ3) is 2.02. The summed E-state index contributed by atoms with van der Waals surface area (Å²) in [5.74, 6) is -0.366. The highest BCUT2D eigenvalue weighted by molar-refractivity contribution is 6.19. The Labute approximate surface area is 131 Å². The quantitative estimate of drug-likeness (QED) is 0.657. The fourth-order valence-electron chi connectivity index (χ4n) is 2.99. The minimum absolute atomic E-state index is 0.0228. The number of carbonyl (C=O) groups is 2. The summed E-state index contributed by atoms with van der Waals surface area (Å²) in [6, 6.07) is 3.16. The van der Waals surface area contributed by atoms with Crippen molar-refractivity contribution in [3.63, 3.8) is 0 Å². The number of aromatic hydroxyl groups is 1. The van der Waals surface area contributed by atoms with Crippen LogP contribution in [0.25, 0.3) is 10.9 Å². The number of esters is 1. The normalized spacial score (nSPS) is 16.9. The number of nitrogens with zero attached hydrogens (tertiary/aromatic N) is 1. The second-order valence-electron chi connectivity index (χ2n) is 5.27. The van der Waals surface area contributed by atoms with Crippen molar-refractivity contribution in [2.75, 3.05) is 24.4 Å². The molecule has 1 aliphatic heterocycles. The number of carbonyl (C=O) groups excluding carboxylic acids is 2. The van der Waals surface area contributed by atoms with Crippen molar-refractivity contribution in [3.8, 4) is 5.75 Å². The summed E-state index contributed by atoms with van der Waals surface area (Å²) in [7, 11) is 1.29. The van der Waals surface area contributed by atoms with Gasteiger partial charge in [0.15, 0.2) is 0 Å². The summed E-state index contributed by atoms with van der Waals surface area (Å²) in [5.41, 5.74) is 2.19. The third-order valence-electron chi connectivity index (χ3n) is 3.99. The number of fused-ring (bicyclic) bond motifs is 3. The van der Waals surface area contributed by atoms with Crippen molar-refractivity contribution in [3.05, 3.63) is 23.4 Å². The Balaban J connectivity index is 2.28. The molecule has 1 amide bonds. The van der Waals surface area contributed by atoms with Crippen LogP contribution in [0.4, 0.5) is 5.69 Å². The molecular formula is C15H15ClN2O4. The lowest BCUT2D eigenvalue weighted by molar-refractivity contribution is -0.116. The van der Waals surface area contributed by atoms with Crippen molar-refractivity contribution in [2.45, 2.75) is 12.8 Å². The molecule has 1 unspecified atom stereocenters. The summed E-state index contributed by atoms with van der Waals surface area (Å²) in [4.78, 5) is 27.9. The molecule has 2 N–H and O–H groups in total. The van der Waals surface area contributed by atoms with Gasteiger partial charge in [-0.25, -0.2) is 4.79 Å². The largest absolute Gasteiger partial charge is 0.506 e. The van der Waals surface area contributed by atoms with Gasteiger partial charge in [0.1, 0.15) is 11.4 Å². The number of alkyl halides is 1. The van der Waals surface area contributed by atoms with Gasteiger partial charge in [-0.1, -0.05) is 0 Å². The molecule has 0 fully saturated rings. The summed E-state index contributed by atoms with van der Waals surface area (Å²) in [5, 5.41) is 10.9. The van der Waals surface area contributed by atoms with Crippen LogP contribution in [0.15, 0.2) is 12.1 Å². The van der Waals surface area contributed by atoms with Crippen molar-refractivity contribution >= 4 is 40.1 Å². The zero-order valence-corrected chi connectivity index (χ0v) is 12.9. The molecule has 3 rings (SSSR count). The zero-order chi connectivity index (χ0) is 16.0. The molecule has 2 heterocycles. The van der Waals surface area contributed by atoms with Gasteiger partial charge in [-0.2, -0.15) is 0 Å². The second-order valence-corrected chi connectivity index (χ2v) is 5.58. The smallest absolute Gasteiger partial charge is 0.354 e. The van der Waals surface area contributed by atoms with E-state index in [1.807, 2.05) is 0 Å². The van der Waals surface area contributed by atoms with Crippen LogP contribution in [-0.2, 0) is 9.53 Å². The molecule has 0 aliphatic carbocycles. The van der Waals surface area contributed by atoms with E-state index in [1.54, 1.807) is 11.0 Å². The van der Waals surface area contributed by atoms with E-state index in [9.17, 15) is 14.7 Å². The van der Waals surface area contributed by atoms with Crippen LogP contribution < -0.4 is 4.90 Å². The number of aromatic nitrogens is 1. The maximum Gasteiger partial charge on any atom is 0.354 e. The standard InChI is InChI=1S/C15H15ClN2O4/c1-7(19)18-6-8(5-16)13-9-3-10(15(21)22-2)17-14(9)12(20)4-11(13)18/h3-4,8,17,20H,5-6H2,1-2H3. The number of hydrogen-bond acceptors (Lipinski definition) is 4. The Morgan fingerprint density at radius 3 is 2.82 bits per heavy atom. The fourth-order valence-corrected chi connectivity index (χ4v) is 3.24. The molecule has 0 radical (unpaired) electrons. The van der Waals surface area contributed by atoms with E-state index in [2.05, 4.69) is 4.98 Å². The van der Waals surface area contributed by atoms with Crippen LogP contribution in [0.2, 0.25) is 0 Å². The molecule has 6 nitrogen and oxygen atoms in total. The van der Waals surface area contributed by atoms with Gasteiger partial charge in [0, 0.05) is 36.7 Å². The third-order valence-corrected chi connectivity index (χ3v) is 4.36. The summed E-state index contributed by atoms with van der Waals surface area (Å²) >= 11 is 6.04. The molecule has 22 heavy (non-hydrogen) atoms. The average molecular weight is 323 g/mol. The maximum atomic E-state index is 11.8. The van der Waals surface area contributed by atoms with E-state index in [-0.39, 0.29) is 23.3 Å². The van der Waals surface area contributed by atoms with E-state index in [0.29, 0.717) is 29.0 Å². The Bertz CT molecular complexity index is 783. The first-order chi connectivity index (χ1) is 10.5. The van der Waals surface area contributed by atoms with Crippen LogP contribution >= 0.6 is 11.6 Å². The van der Waals surface area contributed by atoms with Gasteiger partial charge in [0.05, 0.1) is 18.3 Å². The number of amides is 1. The zero-order valence-electron chi connectivity index (χ0n) is 12.1. The molecule has 2 aromatic rings. The van der Waals surface area contributed by atoms with Crippen LogP contribution in [0.3, 0.4) is 0 Å². The maximum absolute atomic E-state index is 11.8. The molecule has 1 aromatic carbocycles. The number of methoxy groups -OCH3 is 1. The van der Waals surface area contributed by atoms with E-state index >= 15 is 0 Å². The number of ether oxygens (including phenoxy) is 1. The number of H-pyrrole nitrogens is 1. The number of aromatic amines is 1. The van der Waals surface area contributed by atoms with E-state index < -0.39 is 5.97 Å². The highest BCUT2D eigenvalue weighted by Gasteiger charge is 2.34. The predicted octanol–water partition coefficient (Wildman–Crippen LogP) is 2.35. The first-order valence-corrected chi connectivity index (χ1v) is 7.32. The first kappa shape index (κ1) is 14.7. The summed E-state index contributed by atoms with van der Waals surface area (Å²) in [6.07, 6.45) is 0. The molecule has 0 spiro atoms. The van der Waals surface area contributed by atoms with Crippen molar-refractivity contribution < 1.29 is 19.4 Å². The lowest BCUT2D eigenvalue weighted by Crippen LogP contribution is -2.27. The first-order valence-electron chi connectivity index (χ1n) is 6.78. The predicted molar refractivity (Wildman–Crippen MR) is 82.8 cm³/mol. The van der Waals surface area contributed by atoms with Gasteiger partial charge in [0.25, 0.3) is 0 Å². The Hall–Kier alpha value is -2.21. The molecule has 0 bridgehead atoms. The molecular weight excluding hydrogens is 308 g/mol. The lowest BCUT2D eigenvalue weighted by Gasteiger charge is -2.15. The highest BCUT2D eigenvalue weighted by atomic mass is 35.5. The molecule has 1 atom stereocenters. The van der Waals surface area contributed by atoms with Gasteiger partial charge in [-0.3, -0.25) is 4.79 Å². The van der Waals surface area contributed by atoms with Crippen LogP contribution in [-0.4, -0.2) is 41.5 Å². The van der Waals surface area contributed by atoms with Gasteiger partial charge in [-0.05, 0) is 11.6 Å². The van der Waals surface area contributed by atoms with Crippen LogP contribution in [0, 0.1) is 0 Å². The molecule has 1 aliphatic rings. The highest BCUT2D eigenvalue weighted by Crippen LogP contribution is 2.45. The number of hydrogen-bond donors (Lipinski definition) is 2. The molecule has 116 valence electrons. The number of phenolic OH excluding ortho intramolecular Hbond substituents is 1. The number of halogens is 1. The average Bonchev–Trinajstić information content (AvgIpc) is 3.07. The Kier molecular flexibility index (Phi) is 3.48. The number of rotatable bonds is 2. The van der Waals surface area contributed by atoms with E-state index in [4.69, 9.17) is 16.3 Å². The number of nitrogens with one attached hydrogen (secondary N) is 1.